The second-order valence-corrected chi connectivity index (χ2v) is 11.9. The quantitative estimate of drug-likeness (QED) is 0.257. The number of aromatic nitrogens is 5. The zero-order valence-corrected chi connectivity index (χ0v) is 24.1. The number of aryl methyl sites for hydroxylation is 1. The monoisotopic (exact) mass is 573 g/mol. The number of aliphatic hydroxyl groups is 1. The molecule has 2 aliphatic rings. The Kier molecular flexibility index (Phi) is 8.04. The van der Waals surface area contributed by atoms with Crippen LogP contribution in [0.1, 0.15) is 37.4 Å². The molecule has 1 fully saturated rings. The van der Waals surface area contributed by atoms with E-state index in [-0.39, 0.29) is 24.4 Å². The van der Waals surface area contributed by atoms with Crippen molar-refractivity contribution < 1.29 is 9.90 Å². The fourth-order valence-corrected chi connectivity index (χ4v) is 6.37. The lowest BCUT2D eigenvalue weighted by atomic mass is 10.00. The number of piperidine rings is 1. The summed E-state index contributed by atoms with van der Waals surface area (Å²) in [5.74, 6) is 1.28. The maximum Gasteiger partial charge on any atom is 0.246 e. The largest absolute Gasteiger partial charge is 0.392 e. The molecule has 3 N–H and O–H groups in total. The molecule has 6 rings (SSSR count). The van der Waals surface area contributed by atoms with E-state index in [4.69, 9.17) is 9.38 Å². The van der Waals surface area contributed by atoms with Gasteiger partial charge in [0.05, 0.1) is 30.4 Å². The first-order valence-electron chi connectivity index (χ1n) is 14.0. The molecule has 0 spiro atoms. The van der Waals surface area contributed by atoms with Crippen LogP contribution in [0, 0.1) is 12.8 Å². The van der Waals surface area contributed by atoms with Crippen LogP contribution >= 0.6 is 11.9 Å². The Morgan fingerprint density at radius 1 is 1.24 bits per heavy atom. The molecular weight excluding hydrogens is 538 g/mol. The summed E-state index contributed by atoms with van der Waals surface area (Å²) in [5.41, 5.74) is 5.92. The number of likely N-dealkylation sites (tertiary alicyclic amines) is 1. The van der Waals surface area contributed by atoms with Gasteiger partial charge in [-0.25, -0.2) is 14.4 Å². The van der Waals surface area contributed by atoms with Crippen molar-refractivity contribution in [2.75, 3.05) is 30.3 Å². The fourth-order valence-electron chi connectivity index (χ4n) is 5.54. The number of hydrogen-bond acceptors (Lipinski definition) is 9. The van der Waals surface area contributed by atoms with Crippen molar-refractivity contribution in [2.24, 2.45) is 10.3 Å². The molecule has 4 aromatic rings. The summed E-state index contributed by atoms with van der Waals surface area (Å²) in [6.45, 7) is 7.53. The second kappa shape index (κ2) is 12.0. The van der Waals surface area contributed by atoms with Crippen LogP contribution < -0.4 is 10.6 Å². The van der Waals surface area contributed by atoms with Gasteiger partial charge in [0.15, 0.2) is 11.5 Å². The zero-order valence-electron chi connectivity index (χ0n) is 23.3. The van der Waals surface area contributed by atoms with Crippen molar-refractivity contribution >= 4 is 40.7 Å². The highest BCUT2D eigenvalue weighted by Crippen LogP contribution is 2.30. The molecule has 12 heteroatoms. The molecule has 214 valence electrons. The van der Waals surface area contributed by atoms with Crippen LogP contribution in [0.25, 0.3) is 16.9 Å². The van der Waals surface area contributed by atoms with Crippen molar-refractivity contribution in [1.29, 1.82) is 0 Å². The summed E-state index contributed by atoms with van der Waals surface area (Å²) in [4.78, 5) is 24.6. The Morgan fingerprint density at radius 2 is 2.15 bits per heavy atom. The van der Waals surface area contributed by atoms with E-state index in [9.17, 15) is 9.90 Å². The number of fused-ring (bicyclic) bond motifs is 1. The van der Waals surface area contributed by atoms with Gasteiger partial charge < -0.3 is 15.7 Å². The molecule has 41 heavy (non-hydrogen) atoms. The van der Waals surface area contributed by atoms with Gasteiger partial charge in [-0.3, -0.25) is 18.8 Å². The lowest BCUT2D eigenvalue weighted by Crippen LogP contribution is -2.38. The van der Waals surface area contributed by atoms with Gasteiger partial charge in [0.25, 0.3) is 0 Å². The highest BCUT2D eigenvalue weighted by atomic mass is 32.2. The van der Waals surface area contributed by atoms with Gasteiger partial charge in [0.2, 0.25) is 5.91 Å². The minimum absolute atomic E-state index is 0.0606. The number of hydrogen-bond donors (Lipinski definition) is 3. The summed E-state index contributed by atoms with van der Waals surface area (Å²) in [5, 5.41) is 20.3. The Bertz CT molecular complexity index is 1580. The summed E-state index contributed by atoms with van der Waals surface area (Å²) < 4.78 is 8.39. The minimum Gasteiger partial charge on any atom is -0.392 e. The zero-order chi connectivity index (χ0) is 28.3. The predicted molar refractivity (Wildman–Crippen MR) is 162 cm³/mol. The van der Waals surface area contributed by atoms with E-state index in [1.54, 1.807) is 47.1 Å². The smallest absolute Gasteiger partial charge is 0.246 e. The van der Waals surface area contributed by atoms with Crippen LogP contribution in [0.2, 0.25) is 0 Å². The van der Waals surface area contributed by atoms with Gasteiger partial charge in [-0.1, -0.05) is 19.1 Å². The van der Waals surface area contributed by atoms with E-state index >= 15 is 0 Å². The Labute approximate surface area is 243 Å². The molecule has 2 atom stereocenters. The van der Waals surface area contributed by atoms with E-state index < -0.39 is 0 Å². The number of aliphatic hydroxyl groups excluding tert-OH is 1. The van der Waals surface area contributed by atoms with Crippen LogP contribution in [0.15, 0.2) is 53.5 Å². The van der Waals surface area contributed by atoms with E-state index in [0.29, 0.717) is 5.69 Å². The molecule has 3 aromatic heterocycles. The third kappa shape index (κ3) is 6.45. The van der Waals surface area contributed by atoms with Crippen molar-refractivity contribution in [3.8, 4) is 11.3 Å². The number of carbonyl (C=O) groups excluding carboxylic acids is 1. The fraction of sp³-hybridized carbons (Fsp3) is 0.414. The summed E-state index contributed by atoms with van der Waals surface area (Å²) in [6, 6.07) is 7.14. The first-order chi connectivity index (χ1) is 19.9. The molecule has 0 aliphatic carbocycles. The Balaban J connectivity index is 1.12. The van der Waals surface area contributed by atoms with Gasteiger partial charge >= 0.3 is 0 Å². The number of benzene rings is 1. The SMILES string of the molecule is Cc1cn2c(-c3cnn(CC(=O)Nc4cccc(CO)c4)c3)cnc2c(NC2CC(CN3CCCC(C)C3)=NS2)n1. The number of nitrogens with zero attached hydrogens (tertiary/aromatic N) is 7. The van der Waals surface area contributed by atoms with Gasteiger partial charge in [-0.05, 0) is 61.9 Å². The molecule has 1 saturated heterocycles. The van der Waals surface area contributed by atoms with Crippen LogP contribution in [-0.2, 0) is 17.9 Å². The third-order valence-corrected chi connectivity index (χ3v) is 8.32. The number of amides is 1. The lowest BCUT2D eigenvalue weighted by Gasteiger charge is -2.30. The van der Waals surface area contributed by atoms with Crippen molar-refractivity contribution in [1.82, 2.24) is 29.0 Å². The van der Waals surface area contributed by atoms with Gasteiger partial charge in [-0.2, -0.15) is 5.10 Å². The second-order valence-electron chi connectivity index (χ2n) is 11.0. The summed E-state index contributed by atoms with van der Waals surface area (Å²) in [7, 11) is 0. The van der Waals surface area contributed by atoms with Gasteiger partial charge in [-0.15, -0.1) is 0 Å². The van der Waals surface area contributed by atoms with Gasteiger partial charge in [0, 0.05) is 48.9 Å². The average Bonchev–Trinajstić information content (AvgIpc) is 3.69. The van der Waals surface area contributed by atoms with E-state index in [2.05, 4.69) is 32.5 Å². The van der Waals surface area contributed by atoms with E-state index in [1.165, 1.54) is 18.6 Å². The molecule has 1 aromatic carbocycles. The average molecular weight is 574 g/mol. The van der Waals surface area contributed by atoms with Crippen molar-refractivity contribution in [3.63, 3.8) is 0 Å². The van der Waals surface area contributed by atoms with Crippen LogP contribution in [-0.4, -0.2) is 70.8 Å². The molecule has 11 nitrogen and oxygen atoms in total. The lowest BCUT2D eigenvalue weighted by molar-refractivity contribution is -0.116. The Hall–Kier alpha value is -3.74. The first-order valence-corrected chi connectivity index (χ1v) is 14.8. The van der Waals surface area contributed by atoms with Crippen molar-refractivity contribution in [2.45, 2.75) is 51.6 Å². The number of nitrogens with one attached hydrogen (secondary N) is 2. The van der Waals surface area contributed by atoms with E-state index in [1.807, 2.05) is 29.9 Å². The predicted octanol–water partition coefficient (Wildman–Crippen LogP) is 4.00. The third-order valence-electron chi connectivity index (χ3n) is 7.42. The normalized spacial score (nSPS) is 19.4. The maximum atomic E-state index is 12.6. The molecule has 0 bridgehead atoms. The van der Waals surface area contributed by atoms with Crippen LogP contribution in [0.3, 0.4) is 0 Å². The molecule has 1 amide bonds. The summed E-state index contributed by atoms with van der Waals surface area (Å²) in [6.07, 6.45) is 10.8. The van der Waals surface area contributed by atoms with Crippen LogP contribution in [0.5, 0.6) is 0 Å². The van der Waals surface area contributed by atoms with Gasteiger partial charge in [0.1, 0.15) is 11.9 Å². The molecule has 0 radical (unpaired) electrons. The highest BCUT2D eigenvalue weighted by Gasteiger charge is 2.25. The standard InChI is InChI=1S/C29H35N9O2S/c1-19-5-4-8-36(13-19)16-24-10-27(41-35-24)34-28-29-30-12-25(38(29)14-20(2)32-28)22-11-31-37(15-22)17-26(40)33-23-7-3-6-21(9-23)18-39/h3,6-7,9,11-12,14-15,19,27,39H,4-5,8,10,13,16-18H2,1-2H3,(H,32,34)(H,33,40). The number of imidazole rings is 1. The highest BCUT2D eigenvalue weighted by molar-refractivity contribution is 7.99. The maximum absolute atomic E-state index is 12.6. The Morgan fingerprint density at radius 3 is 3.00 bits per heavy atom. The molecule has 2 aliphatic heterocycles. The minimum atomic E-state index is -0.204. The van der Waals surface area contributed by atoms with Crippen LogP contribution in [0.4, 0.5) is 11.5 Å². The number of rotatable bonds is 9. The molecule has 5 heterocycles. The molecule has 2 unspecified atom stereocenters. The topological polar surface area (TPSA) is 125 Å². The number of carbonyl (C=O) groups is 1. The molecular formula is C29H35N9O2S. The van der Waals surface area contributed by atoms with E-state index in [0.717, 1.165) is 66.0 Å². The number of anilines is 2. The first kappa shape index (κ1) is 27.4. The summed E-state index contributed by atoms with van der Waals surface area (Å²) >= 11 is 1.57. The molecule has 0 saturated carbocycles. The van der Waals surface area contributed by atoms with Crippen molar-refractivity contribution in [3.05, 3.63) is 60.3 Å².